The number of hydrogen-bond acceptors (Lipinski definition) is 3. The van der Waals surface area contributed by atoms with E-state index >= 15 is 0 Å². The molecule has 0 aromatic heterocycles. The third-order valence-corrected chi connectivity index (χ3v) is 3.81. The molecule has 0 heterocycles. The number of carbonyl (C=O) groups excluding carboxylic acids is 2. The predicted octanol–water partition coefficient (Wildman–Crippen LogP) is 3.35. The van der Waals surface area contributed by atoms with Gasteiger partial charge in [0.25, 0.3) is 5.91 Å². The molecule has 2 rings (SSSR count). The molecule has 1 fully saturated rings. The van der Waals surface area contributed by atoms with Crippen molar-refractivity contribution < 1.29 is 14.3 Å². The maximum atomic E-state index is 11.7. The van der Waals surface area contributed by atoms with Crippen molar-refractivity contribution in [3.05, 3.63) is 40.9 Å². The number of hydrogen-bond donors (Lipinski definition) is 1. The van der Waals surface area contributed by atoms with E-state index < -0.39 is 5.97 Å². The summed E-state index contributed by atoms with van der Waals surface area (Å²) in [5, 5.41) is 3.50. The van der Waals surface area contributed by atoms with Crippen LogP contribution < -0.4 is 5.32 Å². The number of ether oxygens (including phenoxy) is 1. The SMILES string of the molecule is O=C(COC(=O)C=Cc1cccc(Cl)c1)NC1CCCCC1. The topological polar surface area (TPSA) is 55.4 Å². The molecule has 1 aliphatic rings. The Kier molecular flexibility index (Phi) is 6.46. The average Bonchev–Trinajstić information content (AvgIpc) is 2.52. The molecule has 0 unspecified atom stereocenters. The van der Waals surface area contributed by atoms with Gasteiger partial charge in [-0.05, 0) is 36.6 Å². The summed E-state index contributed by atoms with van der Waals surface area (Å²) in [4.78, 5) is 23.3. The van der Waals surface area contributed by atoms with Crippen LogP contribution >= 0.6 is 11.6 Å². The molecule has 1 aromatic rings. The van der Waals surface area contributed by atoms with E-state index in [1.807, 2.05) is 6.07 Å². The van der Waals surface area contributed by atoms with Crippen LogP contribution in [0.15, 0.2) is 30.3 Å². The molecule has 0 saturated heterocycles. The lowest BCUT2D eigenvalue weighted by molar-refractivity contribution is -0.144. The van der Waals surface area contributed by atoms with Crippen molar-refractivity contribution >= 4 is 29.6 Å². The van der Waals surface area contributed by atoms with Crippen molar-refractivity contribution in [1.82, 2.24) is 5.32 Å². The van der Waals surface area contributed by atoms with Crippen LogP contribution in [0.2, 0.25) is 5.02 Å². The molecule has 1 amide bonds. The second-order valence-corrected chi connectivity index (χ2v) is 5.83. The van der Waals surface area contributed by atoms with Crippen molar-refractivity contribution in [3.8, 4) is 0 Å². The molecular weight excluding hydrogens is 302 g/mol. The summed E-state index contributed by atoms with van der Waals surface area (Å²) in [6, 6.07) is 7.34. The van der Waals surface area contributed by atoms with Gasteiger partial charge in [-0.25, -0.2) is 4.79 Å². The number of benzene rings is 1. The minimum atomic E-state index is -0.543. The molecule has 5 heteroatoms. The molecule has 0 spiro atoms. The van der Waals surface area contributed by atoms with E-state index in [0.717, 1.165) is 31.2 Å². The minimum Gasteiger partial charge on any atom is -0.452 e. The van der Waals surface area contributed by atoms with Gasteiger partial charge in [0.1, 0.15) is 0 Å². The first-order valence-electron chi connectivity index (χ1n) is 7.53. The normalized spacial score (nSPS) is 15.7. The van der Waals surface area contributed by atoms with E-state index in [4.69, 9.17) is 16.3 Å². The molecule has 4 nitrogen and oxygen atoms in total. The van der Waals surface area contributed by atoms with E-state index in [9.17, 15) is 9.59 Å². The lowest BCUT2D eigenvalue weighted by Gasteiger charge is -2.22. The number of halogens is 1. The van der Waals surface area contributed by atoms with E-state index in [1.54, 1.807) is 24.3 Å². The maximum Gasteiger partial charge on any atom is 0.331 e. The van der Waals surface area contributed by atoms with Gasteiger partial charge in [0.2, 0.25) is 0 Å². The van der Waals surface area contributed by atoms with E-state index in [2.05, 4.69) is 5.32 Å². The van der Waals surface area contributed by atoms with Crippen LogP contribution in [0, 0.1) is 0 Å². The van der Waals surface area contributed by atoms with Crippen LogP contribution in [0.1, 0.15) is 37.7 Å². The Morgan fingerprint density at radius 1 is 1.27 bits per heavy atom. The lowest BCUT2D eigenvalue weighted by Crippen LogP contribution is -2.38. The van der Waals surface area contributed by atoms with E-state index in [-0.39, 0.29) is 18.6 Å². The zero-order valence-corrected chi connectivity index (χ0v) is 13.1. The molecule has 118 valence electrons. The minimum absolute atomic E-state index is 0.224. The number of nitrogens with one attached hydrogen (secondary N) is 1. The van der Waals surface area contributed by atoms with Crippen LogP contribution in [0.4, 0.5) is 0 Å². The highest BCUT2D eigenvalue weighted by molar-refractivity contribution is 6.30. The summed E-state index contributed by atoms with van der Waals surface area (Å²) in [6.45, 7) is -0.241. The summed E-state index contributed by atoms with van der Waals surface area (Å²) < 4.78 is 4.93. The molecule has 0 atom stereocenters. The number of amides is 1. The molecule has 22 heavy (non-hydrogen) atoms. The zero-order valence-electron chi connectivity index (χ0n) is 12.4. The molecule has 0 bridgehead atoms. The van der Waals surface area contributed by atoms with Crippen LogP contribution in [0.3, 0.4) is 0 Å². The third-order valence-electron chi connectivity index (χ3n) is 3.58. The Balaban J connectivity index is 1.71. The second kappa shape index (κ2) is 8.59. The molecular formula is C17H20ClNO3. The highest BCUT2D eigenvalue weighted by atomic mass is 35.5. The monoisotopic (exact) mass is 321 g/mol. The van der Waals surface area contributed by atoms with Crippen LogP contribution in [0.5, 0.6) is 0 Å². The fourth-order valence-electron chi connectivity index (χ4n) is 2.48. The smallest absolute Gasteiger partial charge is 0.331 e. The second-order valence-electron chi connectivity index (χ2n) is 5.40. The Morgan fingerprint density at radius 3 is 2.77 bits per heavy atom. The molecule has 1 aromatic carbocycles. The molecule has 0 radical (unpaired) electrons. The van der Waals surface area contributed by atoms with E-state index in [1.165, 1.54) is 12.5 Å². The Hall–Kier alpha value is -1.81. The Labute approximate surface area is 135 Å². The number of rotatable bonds is 5. The van der Waals surface area contributed by atoms with Crippen molar-refractivity contribution in [2.75, 3.05) is 6.61 Å². The first-order valence-corrected chi connectivity index (χ1v) is 7.91. The maximum absolute atomic E-state index is 11.7. The summed E-state index contributed by atoms with van der Waals surface area (Å²) in [5.41, 5.74) is 0.802. The van der Waals surface area contributed by atoms with Crippen molar-refractivity contribution in [3.63, 3.8) is 0 Å². The van der Waals surface area contributed by atoms with E-state index in [0.29, 0.717) is 5.02 Å². The van der Waals surface area contributed by atoms with Crippen molar-refractivity contribution in [2.24, 2.45) is 0 Å². The first-order chi connectivity index (χ1) is 10.6. The van der Waals surface area contributed by atoms with Crippen LogP contribution in [-0.2, 0) is 14.3 Å². The fraction of sp³-hybridized carbons (Fsp3) is 0.412. The highest BCUT2D eigenvalue weighted by Crippen LogP contribution is 2.17. The van der Waals surface area contributed by atoms with Crippen molar-refractivity contribution in [1.29, 1.82) is 0 Å². The standard InChI is InChI=1S/C17H20ClNO3/c18-14-6-4-5-13(11-14)9-10-17(21)22-12-16(20)19-15-7-2-1-3-8-15/h4-6,9-11,15H,1-3,7-8,12H2,(H,19,20). The Bertz CT molecular complexity index is 551. The van der Waals surface area contributed by atoms with Gasteiger partial charge in [-0.15, -0.1) is 0 Å². The molecule has 1 N–H and O–H groups in total. The summed E-state index contributed by atoms with van der Waals surface area (Å²) >= 11 is 5.85. The molecule has 0 aliphatic heterocycles. The van der Waals surface area contributed by atoms with Gasteiger partial charge in [-0.1, -0.05) is 43.0 Å². The summed E-state index contributed by atoms with van der Waals surface area (Å²) in [5.74, 6) is -0.782. The quantitative estimate of drug-likeness (QED) is 0.668. The van der Waals surface area contributed by atoms with Crippen LogP contribution in [-0.4, -0.2) is 24.5 Å². The van der Waals surface area contributed by atoms with Gasteiger partial charge < -0.3 is 10.1 Å². The summed E-state index contributed by atoms with van der Waals surface area (Å²) in [6.07, 6.45) is 8.44. The molecule has 1 saturated carbocycles. The largest absolute Gasteiger partial charge is 0.452 e. The van der Waals surface area contributed by atoms with Gasteiger partial charge in [0.15, 0.2) is 6.61 Å². The van der Waals surface area contributed by atoms with Gasteiger partial charge in [0, 0.05) is 17.1 Å². The zero-order chi connectivity index (χ0) is 15.8. The highest BCUT2D eigenvalue weighted by Gasteiger charge is 2.16. The Morgan fingerprint density at radius 2 is 2.05 bits per heavy atom. The van der Waals surface area contributed by atoms with Gasteiger partial charge in [0.05, 0.1) is 0 Å². The van der Waals surface area contributed by atoms with Gasteiger partial charge >= 0.3 is 5.97 Å². The van der Waals surface area contributed by atoms with Gasteiger partial charge in [-0.3, -0.25) is 4.79 Å². The average molecular weight is 322 g/mol. The first kappa shape index (κ1) is 16.6. The van der Waals surface area contributed by atoms with Crippen LogP contribution in [0.25, 0.3) is 6.08 Å². The molecule has 1 aliphatic carbocycles. The lowest BCUT2D eigenvalue weighted by atomic mass is 9.95. The van der Waals surface area contributed by atoms with Gasteiger partial charge in [-0.2, -0.15) is 0 Å². The fourth-order valence-corrected chi connectivity index (χ4v) is 2.67. The number of carbonyl (C=O) groups is 2. The number of esters is 1. The predicted molar refractivity (Wildman–Crippen MR) is 86.5 cm³/mol. The summed E-state index contributed by atoms with van der Waals surface area (Å²) in [7, 11) is 0. The third kappa shape index (κ3) is 5.90. The van der Waals surface area contributed by atoms with Crippen molar-refractivity contribution in [2.45, 2.75) is 38.1 Å².